The van der Waals surface area contributed by atoms with Crippen molar-refractivity contribution in [3.05, 3.63) is 52.5 Å². The Hall–Kier alpha value is -2.40. The van der Waals surface area contributed by atoms with Gasteiger partial charge in [-0.1, -0.05) is 17.7 Å². The van der Waals surface area contributed by atoms with Gasteiger partial charge in [-0.2, -0.15) is 0 Å². The van der Waals surface area contributed by atoms with Crippen LogP contribution in [0.5, 0.6) is 17.2 Å². The van der Waals surface area contributed by atoms with Crippen LogP contribution in [-0.2, 0) is 17.6 Å². The Labute approximate surface area is 164 Å². The molecule has 0 saturated heterocycles. The molecule has 1 atom stereocenters. The van der Waals surface area contributed by atoms with E-state index in [0.29, 0.717) is 37.6 Å². The van der Waals surface area contributed by atoms with Crippen molar-refractivity contribution in [2.24, 2.45) is 0 Å². The third kappa shape index (κ3) is 4.86. The summed E-state index contributed by atoms with van der Waals surface area (Å²) in [5, 5.41) is 3.60. The lowest BCUT2D eigenvalue weighted by atomic mass is 10.1. The van der Waals surface area contributed by atoms with Crippen LogP contribution in [0.25, 0.3) is 0 Å². The molecule has 0 spiro atoms. The fourth-order valence-corrected chi connectivity index (χ4v) is 3.25. The third-order valence-corrected chi connectivity index (χ3v) is 4.55. The predicted octanol–water partition coefficient (Wildman–Crippen LogP) is 3.80. The fraction of sp³-hybridized carbons (Fsp3) is 0.381. The van der Waals surface area contributed by atoms with Crippen molar-refractivity contribution in [1.82, 2.24) is 5.32 Å². The molecule has 27 heavy (non-hydrogen) atoms. The van der Waals surface area contributed by atoms with Gasteiger partial charge in [0.05, 0.1) is 13.2 Å². The monoisotopic (exact) mass is 389 g/mol. The minimum atomic E-state index is -0.502. The fourth-order valence-electron chi connectivity index (χ4n) is 3.06. The second kappa shape index (κ2) is 9.00. The maximum atomic E-state index is 12.4. The first-order valence-electron chi connectivity index (χ1n) is 9.22. The minimum absolute atomic E-state index is 0.113. The van der Waals surface area contributed by atoms with E-state index in [-0.39, 0.29) is 5.91 Å². The van der Waals surface area contributed by atoms with E-state index in [1.807, 2.05) is 38.1 Å². The summed E-state index contributed by atoms with van der Waals surface area (Å²) in [6.07, 6.45) is 0.737. The first-order valence-corrected chi connectivity index (χ1v) is 9.59. The molecule has 3 rings (SSSR count). The Morgan fingerprint density at radius 1 is 1.15 bits per heavy atom. The summed E-state index contributed by atoms with van der Waals surface area (Å²) in [5.41, 5.74) is 2.04. The smallest absolute Gasteiger partial charge is 0.261 e. The highest BCUT2D eigenvalue weighted by molar-refractivity contribution is 6.30. The van der Waals surface area contributed by atoms with Crippen LogP contribution in [0.1, 0.15) is 25.0 Å². The highest BCUT2D eigenvalue weighted by Crippen LogP contribution is 2.31. The topological polar surface area (TPSA) is 56.8 Å². The van der Waals surface area contributed by atoms with Gasteiger partial charge in [-0.15, -0.1) is 0 Å². The summed E-state index contributed by atoms with van der Waals surface area (Å²) in [7, 11) is 0. The van der Waals surface area contributed by atoms with Gasteiger partial charge in [0.1, 0.15) is 5.75 Å². The largest absolute Gasteiger partial charge is 0.490 e. The molecule has 0 saturated carbocycles. The molecule has 0 fully saturated rings. The molecule has 0 unspecified atom stereocenters. The van der Waals surface area contributed by atoms with E-state index < -0.39 is 6.10 Å². The zero-order valence-corrected chi connectivity index (χ0v) is 16.3. The molecule has 2 aromatic rings. The van der Waals surface area contributed by atoms with Gasteiger partial charge < -0.3 is 19.5 Å². The lowest BCUT2D eigenvalue weighted by molar-refractivity contribution is -0.127. The van der Waals surface area contributed by atoms with Crippen LogP contribution in [0, 0.1) is 0 Å². The second-order valence-corrected chi connectivity index (χ2v) is 6.69. The van der Waals surface area contributed by atoms with Crippen molar-refractivity contribution < 1.29 is 19.0 Å². The number of amides is 1. The van der Waals surface area contributed by atoms with Gasteiger partial charge in [-0.3, -0.25) is 4.79 Å². The Bertz CT molecular complexity index is 809. The Kier molecular flexibility index (Phi) is 6.45. The van der Waals surface area contributed by atoms with Crippen molar-refractivity contribution in [1.29, 1.82) is 0 Å². The number of carbonyl (C=O) groups excluding carboxylic acids is 1. The van der Waals surface area contributed by atoms with Crippen molar-refractivity contribution in [3.63, 3.8) is 0 Å². The molecule has 0 aromatic heterocycles. The number of ether oxygens (including phenoxy) is 3. The second-order valence-electron chi connectivity index (χ2n) is 6.25. The normalized spacial score (nSPS) is 15.0. The standard InChI is InChI=1S/C21H24ClNO4/c1-3-25-18-7-5-14(11-19(18)26-4-2)9-10-23-21(24)20-13-15-12-16(22)6-8-17(15)27-20/h5-8,11-12,20H,3-4,9-10,13H2,1-2H3,(H,23,24)/t20-/m0/s1. The van der Waals surface area contributed by atoms with E-state index in [4.69, 9.17) is 25.8 Å². The molecule has 5 nitrogen and oxygen atoms in total. The molecule has 0 bridgehead atoms. The summed E-state index contributed by atoms with van der Waals surface area (Å²) in [6.45, 7) is 5.57. The number of benzene rings is 2. The summed E-state index contributed by atoms with van der Waals surface area (Å²) in [5.74, 6) is 2.09. The molecule has 1 aliphatic rings. The van der Waals surface area contributed by atoms with Gasteiger partial charge in [-0.25, -0.2) is 0 Å². The maximum Gasteiger partial charge on any atom is 0.261 e. The number of fused-ring (bicyclic) bond motifs is 1. The molecule has 6 heteroatoms. The summed E-state index contributed by atoms with van der Waals surface area (Å²) in [4.78, 5) is 12.4. The zero-order chi connectivity index (χ0) is 19.2. The third-order valence-electron chi connectivity index (χ3n) is 4.31. The zero-order valence-electron chi connectivity index (χ0n) is 15.6. The molecule has 2 aromatic carbocycles. The minimum Gasteiger partial charge on any atom is -0.490 e. The van der Waals surface area contributed by atoms with E-state index in [0.717, 1.165) is 28.4 Å². The summed E-state index contributed by atoms with van der Waals surface area (Å²) < 4.78 is 16.9. The van der Waals surface area contributed by atoms with Gasteiger partial charge in [0.2, 0.25) is 0 Å². The quantitative estimate of drug-likeness (QED) is 0.746. The van der Waals surface area contributed by atoms with E-state index in [9.17, 15) is 4.79 Å². The van der Waals surface area contributed by atoms with Gasteiger partial charge in [0, 0.05) is 18.0 Å². The average Bonchev–Trinajstić information content (AvgIpc) is 3.07. The van der Waals surface area contributed by atoms with Crippen molar-refractivity contribution in [2.75, 3.05) is 19.8 Å². The van der Waals surface area contributed by atoms with Crippen molar-refractivity contribution in [3.8, 4) is 17.2 Å². The molecule has 1 aliphatic heterocycles. The number of hydrogen-bond donors (Lipinski definition) is 1. The van der Waals surface area contributed by atoms with Crippen LogP contribution in [0.4, 0.5) is 0 Å². The molecule has 1 amide bonds. The number of nitrogens with one attached hydrogen (secondary N) is 1. The molecule has 1 N–H and O–H groups in total. The van der Waals surface area contributed by atoms with Crippen molar-refractivity contribution >= 4 is 17.5 Å². The number of rotatable bonds is 8. The van der Waals surface area contributed by atoms with Gasteiger partial charge in [-0.05, 0) is 61.7 Å². The first-order chi connectivity index (χ1) is 13.1. The van der Waals surface area contributed by atoms with Crippen LogP contribution in [0.15, 0.2) is 36.4 Å². The summed E-state index contributed by atoms with van der Waals surface area (Å²) in [6, 6.07) is 11.3. The van der Waals surface area contributed by atoms with Gasteiger partial charge >= 0.3 is 0 Å². The van der Waals surface area contributed by atoms with Crippen LogP contribution >= 0.6 is 11.6 Å². The van der Waals surface area contributed by atoms with Gasteiger partial charge in [0.25, 0.3) is 5.91 Å². The molecular formula is C21H24ClNO4. The summed E-state index contributed by atoms with van der Waals surface area (Å²) >= 11 is 5.99. The Balaban J connectivity index is 1.52. The van der Waals surface area contributed by atoms with E-state index in [1.165, 1.54) is 0 Å². The molecule has 144 valence electrons. The van der Waals surface area contributed by atoms with Crippen LogP contribution in [0.2, 0.25) is 5.02 Å². The van der Waals surface area contributed by atoms with Crippen LogP contribution in [0.3, 0.4) is 0 Å². The van der Waals surface area contributed by atoms with Crippen molar-refractivity contribution in [2.45, 2.75) is 32.8 Å². The SMILES string of the molecule is CCOc1ccc(CCNC(=O)[C@@H]2Cc3cc(Cl)ccc3O2)cc1OCC. The van der Waals surface area contributed by atoms with E-state index in [1.54, 1.807) is 12.1 Å². The molecule has 1 heterocycles. The number of hydrogen-bond acceptors (Lipinski definition) is 4. The highest BCUT2D eigenvalue weighted by Gasteiger charge is 2.28. The van der Waals surface area contributed by atoms with Gasteiger partial charge in [0.15, 0.2) is 17.6 Å². The van der Waals surface area contributed by atoms with Crippen LogP contribution in [-0.4, -0.2) is 31.8 Å². The Morgan fingerprint density at radius 3 is 2.70 bits per heavy atom. The lowest BCUT2D eigenvalue weighted by Crippen LogP contribution is -2.38. The van der Waals surface area contributed by atoms with E-state index >= 15 is 0 Å². The molecule has 0 aliphatic carbocycles. The van der Waals surface area contributed by atoms with E-state index in [2.05, 4.69) is 5.32 Å². The van der Waals surface area contributed by atoms with Crippen LogP contribution < -0.4 is 19.5 Å². The Morgan fingerprint density at radius 2 is 1.93 bits per heavy atom. The first kappa shape index (κ1) is 19.4. The molecule has 0 radical (unpaired) electrons. The number of carbonyl (C=O) groups is 1. The lowest BCUT2D eigenvalue weighted by Gasteiger charge is -2.13. The highest BCUT2D eigenvalue weighted by atomic mass is 35.5. The maximum absolute atomic E-state index is 12.4. The predicted molar refractivity (Wildman–Crippen MR) is 105 cm³/mol. The number of halogens is 1. The average molecular weight is 390 g/mol. The molecular weight excluding hydrogens is 366 g/mol.